The molecule has 0 saturated carbocycles. The van der Waals surface area contributed by atoms with Crippen LogP contribution in [0.15, 0.2) is 77.7 Å². The molecule has 3 rings (SSSR count). The van der Waals surface area contributed by atoms with Crippen LogP contribution < -0.4 is 9.62 Å². The first-order valence-electron chi connectivity index (χ1n) is 11.7. The van der Waals surface area contributed by atoms with Crippen molar-refractivity contribution in [2.75, 3.05) is 17.4 Å². The number of rotatable bonds is 10. The second-order valence-corrected chi connectivity index (χ2v) is 10.8. The lowest BCUT2D eigenvalue weighted by molar-refractivity contribution is -0.139. The van der Waals surface area contributed by atoms with Crippen molar-refractivity contribution in [3.05, 3.63) is 94.8 Å². The van der Waals surface area contributed by atoms with Crippen molar-refractivity contribution in [3.63, 3.8) is 0 Å². The highest BCUT2D eigenvalue weighted by Gasteiger charge is 2.33. The number of nitrogens with one attached hydrogen (secondary N) is 1. The summed E-state index contributed by atoms with van der Waals surface area (Å²) in [5, 5.41) is 3.19. The van der Waals surface area contributed by atoms with Crippen molar-refractivity contribution < 1.29 is 22.4 Å². The Labute approximate surface area is 221 Å². The number of aryl methyl sites for hydroxylation is 1. The van der Waals surface area contributed by atoms with Crippen molar-refractivity contribution in [1.82, 2.24) is 10.2 Å². The molecule has 196 valence electrons. The number of hydrogen-bond donors (Lipinski definition) is 1. The molecular formula is C27H29ClFN3O4S. The first kappa shape index (κ1) is 28.1. The molecule has 0 bridgehead atoms. The second kappa shape index (κ2) is 12.2. The van der Waals surface area contributed by atoms with E-state index in [-0.39, 0.29) is 17.1 Å². The molecule has 0 aliphatic rings. The number of amides is 2. The molecule has 3 aromatic carbocycles. The predicted octanol–water partition coefficient (Wildman–Crippen LogP) is 4.54. The first-order valence-corrected chi connectivity index (χ1v) is 13.5. The Kier molecular flexibility index (Phi) is 9.29. The Balaban J connectivity index is 2.03. The van der Waals surface area contributed by atoms with Crippen LogP contribution in [0.5, 0.6) is 0 Å². The number of nitrogens with zero attached hydrogens (tertiary/aromatic N) is 2. The van der Waals surface area contributed by atoms with Gasteiger partial charge in [0.05, 0.1) is 10.6 Å². The zero-order chi connectivity index (χ0) is 27.2. The molecular weight excluding hydrogens is 517 g/mol. The standard InChI is InChI=1S/C27H29ClFN3O4S/c1-4-30-27(34)20(3)31(17-21-11-13-22(28)14-12-21)26(33)18-32(25-8-6-5-7-24(25)29)37(35,36)23-15-9-19(2)10-16-23/h5-16,20H,4,17-18H2,1-3H3,(H,30,34). The van der Waals surface area contributed by atoms with Crippen LogP contribution in [-0.4, -0.2) is 44.3 Å². The smallest absolute Gasteiger partial charge is 0.264 e. The summed E-state index contributed by atoms with van der Waals surface area (Å²) in [6.45, 7) is 4.78. The summed E-state index contributed by atoms with van der Waals surface area (Å²) in [5.41, 5.74) is 1.26. The fraction of sp³-hybridized carbons (Fsp3) is 0.259. The number of sulfonamides is 1. The van der Waals surface area contributed by atoms with Gasteiger partial charge in [-0.25, -0.2) is 12.8 Å². The molecule has 2 amide bonds. The zero-order valence-corrected chi connectivity index (χ0v) is 22.4. The van der Waals surface area contributed by atoms with Crippen LogP contribution in [0.4, 0.5) is 10.1 Å². The van der Waals surface area contributed by atoms with Crippen LogP contribution in [0.3, 0.4) is 0 Å². The molecule has 0 radical (unpaired) electrons. The molecule has 0 aromatic heterocycles. The predicted molar refractivity (Wildman–Crippen MR) is 142 cm³/mol. The highest BCUT2D eigenvalue weighted by molar-refractivity contribution is 7.92. The van der Waals surface area contributed by atoms with E-state index in [1.54, 1.807) is 50.2 Å². The van der Waals surface area contributed by atoms with Crippen molar-refractivity contribution in [3.8, 4) is 0 Å². The molecule has 0 spiro atoms. The topological polar surface area (TPSA) is 86.8 Å². The van der Waals surface area contributed by atoms with Crippen LogP contribution in [0.1, 0.15) is 25.0 Å². The lowest BCUT2D eigenvalue weighted by Crippen LogP contribution is -2.51. The van der Waals surface area contributed by atoms with Crippen LogP contribution in [0.2, 0.25) is 5.02 Å². The summed E-state index contributed by atoms with van der Waals surface area (Å²) < 4.78 is 42.9. The number of likely N-dealkylation sites (N-methyl/N-ethyl adjacent to an activating group) is 1. The van der Waals surface area contributed by atoms with Gasteiger partial charge in [-0.15, -0.1) is 0 Å². The molecule has 0 saturated heterocycles. The van der Waals surface area contributed by atoms with Gasteiger partial charge < -0.3 is 10.2 Å². The minimum Gasteiger partial charge on any atom is -0.355 e. The van der Waals surface area contributed by atoms with E-state index >= 15 is 0 Å². The fourth-order valence-electron chi connectivity index (χ4n) is 3.70. The van der Waals surface area contributed by atoms with Crippen molar-refractivity contribution >= 4 is 39.1 Å². The number of para-hydroxylation sites is 1. The Morgan fingerprint density at radius 2 is 1.62 bits per heavy atom. The molecule has 0 fully saturated rings. The average molecular weight is 546 g/mol. The maximum atomic E-state index is 14.9. The Bertz CT molecular complexity index is 1350. The SMILES string of the molecule is CCNC(=O)C(C)N(Cc1ccc(Cl)cc1)C(=O)CN(c1ccccc1F)S(=O)(=O)c1ccc(C)cc1. The van der Waals surface area contributed by atoms with E-state index in [1.807, 2.05) is 6.92 Å². The summed E-state index contributed by atoms with van der Waals surface area (Å²) in [7, 11) is -4.33. The summed E-state index contributed by atoms with van der Waals surface area (Å²) >= 11 is 5.98. The molecule has 1 atom stereocenters. The third-order valence-electron chi connectivity index (χ3n) is 5.79. The van der Waals surface area contributed by atoms with Crippen LogP contribution in [0, 0.1) is 12.7 Å². The molecule has 0 aliphatic heterocycles. The molecule has 1 unspecified atom stereocenters. The van der Waals surface area contributed by atoms with E-state index in [0.717, 1.165) is 15.9 Å². The lowest BCUT2D eigenvalue weighted by Gasteiger charge is -2.32. The minimum atomic E-state index is -4.33. The lowest BCUT2D eigenvalue weighted by atomic mass is 10.1. The molecule has 0 heterocycles. The van der Waals surface area contributed by atoms with Gasteiger partial charge in [-0.1, -0.05) is 53.6 Å². The van der Waals surface area contributed by atoms with E-state index in [9.17, 15) is 22.4 Å². The van der Waals surface area contributed by atoms with Crippen LogP contribution >= 0.6 is 11.6 Å². The third kappa shape index (κ3) is 6.87. The summed E-state index contributed by atoms with van der Waals surface area (Å²) in [5.74, 6) is -1.87. The van der Waals surface area contributed by atoms with Gasteiger partial charge in [0.1, 0.15) is 18.4 Å². The van der Waals surface area contributed by atoms with Gasteiger partial charge in [-0.3, -0.25) is 13.9 Å². The molecule has 7 nitrogen and oxygen atoms in total. The zero-order valence-electron chi connectivity index (χ0n) is 20.8. The largest absolute Gasteiger partial charge is 0.355 e. The Morgan fingerprint density at radius 3 is 2.22 bits per heavy atom. The third-order valence-corrected chi connectivity index (χ3v) is 7.82. The van der Waals surface area contributed by atoms with Gasteiger partial charge >= 0.3 is 0 Å². The van der Waals surface area contributed by atoms with Gasteiger partial charge in [-0.2, -0.15) is 0 Å². The van der Waals surface area contributed by atoms with Crippen molar-refractivity contribution in [1.29, 1.82) is 0 Å². The number of hydrogen-bond acceptors (Lipinski definition) is 4. The Hall–Kier alpha value is -3.43. The van der Waals surface area contributed by atoms with Gasteiger partial charge in [0, 0.05) is 18.1 Å². The number of benzene rings is 3. The minimum absolute atomic E-state index is 0.0179. The Morgan fingerprint density at radius 1 is 1.00 bits per heavy atom. The monoisotopic (exact) mass is 545 g/mol. The van der Waals surface area contributed by atoms with Gasteiger partial charge in [0.25, 0.3) is 10.0 Å². The van der Waals surface area contributed by atoms with E-state index in [2.05, 4.69) is 5.32 Å². The van der Waals surface area contributed by atoms with E-state index < -0.39 is 40.2 Å². The first-order chi connectivity index (χ1) is 17.5. The summed E-state index contributed by atoms with van der Waals surface area (Å²) in [4.78, 5) is 27.5. The number of halogens is 2. The average Bonchev–Trinajstić information content (AvgIpc) is 2.87. The maximum Gasteiger partial charge on any atom is 0.264 e. The molecule has 3 aromatic rings. The summed E-state index contributed by atoms with van der Waals surface area (Å²) in [6, 6.07) is 17.2. The van der Waals surface area contributed by atoms with Crippen LogP contribution in [-0.2, 0) is 26.2 Å². The fourth-order valence-corrected chi connectivity index (χ4v) is 5.24. The van der Waals surface area contributed by atoms with E-state index in [4.69, 9.17) is 11.6 Å². The second-order valence-electron chi connectivity index (χ2n) is 8.49. The normalized spacial score (nSPS) is 12.0. The van der Waals surface area contributed by atoms with E-state index in [1.165, 1.54) is 35.2 Å². The number of carbonyl (C=O) groups excluding carboxylic acids is 2. The van der Waals surface area contributed by atoms with Gasteiger partial charge in [-0.05, 0) is 62.7 Å². The number of anilines is 1. The van der Waals surface area contributed by atoms with E-state index in [0.29, 0.717) is 17.1 Å². The molecule has 37 heavy (non-hydrogen) atoms. The molecule has 10 heteroatoms. The number of carbonyl (C=O) groups is 2. The summed E-state index contributed by atoms with van der Waals surface area (Å²) in [6.07, 6.45) is 0. The molecule has 0 aliphatic carbocycles. The van der Waals surface area contributed by atoms with Crippen LogP contribution in [0.25, 0.3) is 0 Å². The van der Waals surface area contributed by atoms with Crippen molar-refractivity contribution in [2.24, 2.45) is 0 Å². The van der Waals surface area contributed by atoms with Gasteiger partial charge in [0.2, 0.25) is 11.8 Å². The quantitative estimate of drug-likeness (QED) is 0.405. The maximum absolute atomic E-state index is 14.9. The highest BCUT2D eigenvalue weighted by atomic mass is 35.5. The van der Waals surface area contributed by atoms with Crippen molar-refractivity contribution in [2.45, 2.75) is 38.3 Å². The molecule has 1 N–H and O–H groups in total. The highest BCUT2D eigenvalue weighted by Crippen LogP contribution is 2.27. The van der Waals surface area contributed by atoms with Gasteiger partial charge in [0.15, 0.2) is 0 Å².